The minimum absolute atomic E-state index is 1.07. The summed E-state index contributed by atoms with van der Waals surface area (Å²) in [4.78, 5) is 15.5. The van der Waals surface area contributed by atoms with E-state index in [1.165, 1.54) is 0 Å². The number of phosphoric ester groups is 1. The van der Waals surface area contributed by atoms with Crippen molar-refractivity contribution in [2.45, 2.75) is 20.0 Å². The second-order valence-electron chi connectivity index (χ2n) is 2.79. The van der Waals surface area contributed by atoms with Crippen molar-refractivity contribution in [2.24, 2.45) is 0 Å². The zero-order valence-electron chi connectivity index (χ0n) is 10.9. The molecule has 0 rings (SSSR count). The third-order valence-corrected chi connectivity index (χ3v) is 1.57. The normalized spacial score (nSPS) is 10.9. The molecule has 0 aromatic carbocycles. The van der Waals surface area contributed by atoms with Crippen LogP contribution in [0.3, 0.4) is 0 Å². The minimum atomic E-state index is -4.98. The van der Waals surface area contributed by atoms with Gasteiger partial charge in [0, 0.05) is 0 Å². The Morgan fingerprint density at radius 1 is 1.11 bits per heavy atom. The minimum Gasteiger partial charge on any atom is -0.320 e. The Morgan fingerprint density at radius 3 is 1.44 bits per heavy atom. The van der Waals surface area contributed by atoms with Crippen LogP contribution < -0.4 is 10.6 Å². The van der Waals surface area contributed by atoms with Gasteiger partial charge in [0.15, 0.2) is 6.61 Å². The van der Waals surface area contributed by atoms with Gasteiger partial charge in [0.25, 0.3) is 0 Å². The van der Waals surface area contributed by atoms with Gasteiger partial charge in [-0.25, -0.2) is 4.57 Å². The number of phosphoric acid groups is 1. The maximum atomic E-state index is 11.1. The molecule has 0 bridgehead atoms. The van der Waals surface area contributed by atoms with E-state index in [4.69, 9.17) is 9.79 Å². The van der Waals surface area contributed by atoms with Crippen molar-refractivity contribution in [3.8, 4) is 0 Å². The van der Waals surface area contributed by atoms with Crippen LogP contribution in [0.25, 0.3) is 0 Å². The molecule has 0 heterocycles. The Morgan fingerprint density at radius 2 is 1.39 bits per heavy atom. The molecule has 0 aromatic rings. The van der Waals surface area contributed by atoms with Gasteiger partial charge in [0.05, 0.1) is 0 Å². The number of hydrogen-bond donors (Lipinski definition) is 4. The maximum absolute atomic E-state index is 11.1. The molecular formula is C8H22F3N2O4P. The lowest BCUT2D eigenvalue weighted by atomic mass is 10.7. The fourth-order valence-electron chi connectivity index (χ4n) is 0.157. The SMILES string of the molecule is CCNC.CCNC.O=P(O)(O)OCC(F)(F)F. The van der Waals surface area contributed by atoms with Crippen molar-refractivity contribution in [3.63, 3.8) is 0 Å². The molecule has 4 N–H and O–H groups in total. The van der Waals surface area contributed by atoms with Crippen LogP contribution in [0.2, 0.25) is 0 Å². The number of hydrogen-bond acceptors (Lipinski definition) is 4. The van der Waals surface area contributed by atoms with E-state index in [1.54, 1.807) is 0 Å². The van der Waals surface area contributed by atoms with Crippen LogP contribution in [0.5, 0.6) is 0 Å². The monoisotopic (exact) mass is 298 g/mol. The van der Waals surface area contributed by atoms with Crippen LogP contribution in [-0.2, 0) is 9.09 Å². The molecule has 0 aliphatic rings. The maximum Gasteiger partial charge on any atom is 0.469 e. The summed E-state index contributed by atoms with van der Waals surface area (Å²) >= 11 is 0. The van der Waals surface area contributed by atoms with Crippen LogP contribution >= 0.6 is 7.82 Å². The third-order valence-electron chi connectivity index (χ3n) is 1.10. The van der Waals surface area contributed by atoms with E-state index in [0.717, 1.165) is 13.1 Å². The smallest absolute Gasteiger partial charge is 0.320 e. The Hall–Kier alpha value is -0.180. The lowest BCUT2D eigenvalue weighted by molar-refractivity contribution is -0.156. The molecule has 0 aliphatic carbocycles. The van der Waals surface area contributed by atoms with Gasteiger partial charge in [-0.3, -0.25) is 4.52 Å². The molecule has 18 heavy (non-hydrogen) atoms. The van der Waals surface area contributed by atoms with Crippen molar-refractivity contribution in [2.75, 3.05) is 33.8 Å². The van der Waals surface area contributed by atoms with Crippen LogP contribution in [0.15, 0.2) is 0 Å². The van der Waals surface area contributed by atoms with Gasteiger partial charge in [0.1, 0.15) is 0 Å². The summed E-state index contributed by atoms with van der Waals surface area (Å²) in [5, 5.41) is 5.86. The molecule has 114 valence electrons. The second kappa shape index (κ2) is 13.3. The van der Waals surface area contributed by atoms with Gasteiger partial charge in [-0.1, -0.05) is 13.8 Å². The summed E-state index contributed by atoms with van der Waals surface area (Å²) < 4.78 is 46.1. The largest absolute Gasteiger partial charge is 0.469 e. The summed E-state index contributed by atoms with van der Waals surface area (Å²) in [5.41, 5.74) is 0. The van der Waals surface area contributed by atoms with Gasteiger partial charge in [-0.15, -0.1) is 0 Å². The molecule has 0 radical (unpaired) electrons. The van der Waals surface area contributed by atoms with Crippen molar-refractivity contribution < 1.29 is 32.0 Å². The fourth-order valence-corrected chi connectivity index (χ4v) is 0.472. The summed E-state index contributed by atoms with van der Waals surface area (Å²) in [7, 11) is -1.12. The van der Waals surface area contributed by atoms with Crippen LogP contribution in [-0.4, -0.2) is 49.8 Å². The molecule has 0 aliphatic heterocycles. The number of alkyl halides is 3. The van der Waals surface area contributed by atoms with E-state index in [2.05, 4.69) is 29.0 Å². The summed E-state index contributed by atoms with van der Waals surface area (Å²) in [6.45, 7) is 4.34. The number of nitrogens with one attached hydrogen (secondary N) is 2. The zero-order valence-corrected chi connectivity index (χ0v) is 11.8. The van der Waals surface area contributed by atoms with E-state index >= 15 is 0 Å². The highest BCUT2D eigenvalue weighted by atomic mass is 31.2. The highest BCUT2D eigenvalue weighted by Gasteiger charge is 2.31. The topological polar surface area (TPSA) is 90.8 Å². The molecule has 0 spiro atoms. The quantitative estimate of drug-likeness (QED) is 0.581. The molecule has 10 heteroatoms. The van der Waals surface area contributed by atoms with Crippen LogP contribution in [0.1, 0.15) is 13.8 Å². The van der Waals surface area contributed by atoms with E-state index in [-0.39, 0.29) is 0 Å². The Kier molecular flexibility index (Phi) is 16.9. The highest BCUT2D eigenvalue weighted by Crippen LogP contribution is 2.37. The molecule has 0 saturated heterocycles. The first-order chi connectivity index (χ1) is 8.04. The Balaban J connectivity index is -0.000000233. The molecule has 0 saturated carbocycles. The average molecular weight is 298 g/mol. The molecule has 0 atom stereocenters. The van der Waals surface area contributed by atoms with Gasteiger partial charge in [-0.2, -0.15) is 13.2 Å². The van der Waals surface area contributed by atoms with Crippen LogP contribution in [0.4, 0.5) is 13.2 Å². The van der Waals surface area contributed by atoms with E-state index in [0.29, 0.717) is 0 Å². The number of rotatable bonds is 4. The molecule has 0 unspecified atom stereocenters. The Labute approximate surface area is 105 Å². The van der Waals surface area contributed by atoms with Gasteiger partial charge in [-0.05, 0) is 27.2 Å². The number of halogens is 3. The lowest BCUT2D eigenvalue weighted by Gasteiger charge is -2.07. The van der Waals surface area contributed by atoms with Crippen LogP contribution in [0, 0.1) is 0 Å². The third kappa shape index (κ3) is 44.7. The molecule has 0 amide bonds. The van der Waals surface area contributed by atoms with Crippen molar-refractivity contribution in [1.29, 1.82) is 0 Å². The predicted octanol–water partition coefficient (Wildman–Crippen LogP) is 1.11. The lowest BCUT2D eigenvalue weighted by Crippen LogP contribution is -2.15. The molecule has 0 fully saturated rings. The van der Waals surface area contributed by atoms with Gasteiger partial charge < -0.3 is 20.4 Å². The average Bonchev–Trinajstić information content (AvgIpc) is 2.25. The molecule has 0 aromatic heterocycles. The van der Waals surface area contributed by atoms with Crippen molar-refractivity contribution >= 4 is 7.82 Å². The first-order valence-corrected chi connectivity index (χ1v) is 6.63. The first kappa shape index (κ1) is 23.0. The summed E-state index contributed by atoms with van der Waals surface area (Å²) in [5.74, 6) is 0. The first-order valence-electron chi connectivity index (χ1n) is 5.10. The van der Waals surface area contributed by atoms with E-state index in [1.807, 2.05) is 14.1 Å². The van der Waals surface area contributed by atoms with Gasteiger partial charge in [0.2, 0.25) is 0 Å². The molecule has 6 nitrogen and oxygen atoms in total. The summed E-state index contributed by atoms with van der Waals surface area (Å²) in [6.07, 6.45) is -4.71. The van der Waals surface area contributed by atoms with Gasteiger partial charge >= 0.3 is 14.0 Å². The van der Waals surface area contributed by atoms with E-state index in [9.17, 15) is 17.7 Å². The molecular weight excluding hydrogens is 276 g/mol. The van der Waals surface area contributed by atoms with Crippen molar-refractivity contribution in [3.05, 3.63) is 0 Å². The summed E-state index contributed by atoms with van der Waals surface area (Å²) in [6, 6.07) is 0. The zero-order chi connectivity index (χ0) is 15.2. The Bertz CT molecular complexity index is 203. The second-order valence-corrected chi connectivity index (χ2v) is 4.03. The van der Waals surface area contributed by atoms with Crippen molar-refractivity contribution in [1.82, 2.24) is 10.6 Å². The standard InChI is InChI=1S/2C3H9N.C2H4F3O4P/c2*1-3-4-2;3-2(4,5)1-9-10(6,7)8/h2*4H,3H2,1-2H3;1H2,(H2,6,7,8). The van der Waals surface area contributed by atoms with E-state index < -0.39 is 20.6 Å². The fraction of sp³-hybridized carbons (Fsp3) is 1.00. The predicted molar refractivity (Wildman–Crippen MR) is 63.3 cm³/mol. The highest BCUT2D eigenvalue weighted by molar-refractivity contribution is 7.46.